The van der Waals surface area contributed by atoms with Crippen LogP contribution in [0.5, 0.6) is 11.5 Å². The molecule has 0 N–H and O–H groups in total. The number of benzene rings is 1. The lowest BCUT2D eigenvalue weighted by Gasteiger charge is -2.24. The Morgan fingerprint density at radius 1 is 1.31 bits per heavy atom. The predicted molar refractivity (Wildman–Crippen MR) is 94.7 cm³/mol. The van der Waals surface area contributed by atoms with Crippen molar-refractivity contribution >= 4 is 5.91 Å². The van der Waals surface area contributed by atoms with Crippen molar-refractivity contribution in [2.24, 2.45) is 0 Å². The van der Waals surface area contributed by atoms with Crippen molar-refractivity contribution in [3.05, 3.63) is 42.2 Å². The molecule has 3 rings (SSSR count). The Hall–Kier alpha value is -2.90. The molecule has 0 aliphatic carbocycles. The van der Waals surface area contributed by atoms with E-state index in [-0.39, 0.29) is 18.0 Å². The Kier molecular flexibility index (Phi) is 4.92. The lowest BCUT2D eigenvalue weighted by atomic mass is 10.1. The van der Waals surface area contributed by atoms with Gasteiger partial charge >= 0.3 is 0 Å². The number of para-hydroxylation sites is 1. The summed E-state index contributed by atoms with van der Waals surface area (Å²) in [5.74, 6) is 1.62. The van der Waals surface area contributed by atoms with E-state index in [1.807, 2.05) is 39.0 Å². The average molecular weight is 357 g/mol. The Morgan fingerprint density at radius 2 is 2.08 bits per heavy atom. The van der Waals surface area contributed by atoms with Crippen LogP contribution in [-0.2, 0) is 23.4 Å². The van der Waals surface area contributed by atoms with Crippen LogP contribution in [0.25, 0.3) is 0 Å². The number of carbonyl (C=O) groups is 1. The fourth-order valence-corrected chi connectivity index (χ4v) is 2.57. The van der Waals surface area contributed by atoms with Crippen LogP contribution in [0.1, 0.15) is 32.2 Å². The van der Waals surface area contributed by atoms with Crippen molar-refractivity contribution in [3.63, 3.8) is 0 Å². The molecule has 1 aromatic heterocycles. The van der Waals surface area contributed by atoms with Crippen molar-refractivity contribution in [2.75, 3.05) is 13.2 Å². The molecule has 0 unspecified atom stereocenters. The highest BCUT2D eigenvalue weighted by molar-refractivity contribution is 5.87. The summed E-state index contributed by atoms with van der Waals surface area (Å²) < 4.78 is 11.3. The number of tetrazole rings is 1. The fourth-order valence-electron chi connectivity index (χ4n) is 2.57. The SMILES string of the molecule is C=CC(=O)N(Cc1nnn(C(C)(C)C)n1)Cc1cccc2c1OCCO2. The maximum atomic E-state index is 12.3. The third-order valence-corrected chi connectivity index (χ3v) is 3.88. The van der Waals surface area contributed by atoms with Crippen molar-refractivity contribution in [1.82, 2.24) is 25.1 Å². The summed E-state index contributed by atoms with van der Waals surface area (Å²) in [4.78, 5) is 15.5. The summed E-state index contributed by atoms with van der Waals surface area (Å²) in [5, 5.41) is 12.5. The number of amides is 1. The zero-order valence-corrected chi connectivity index (χ0v) is 15.3. The van der Waals surface area contributed by atoms with Crippen molar-refractivity contribution in [1.29, 1.82) is 0 Å². The third kappa shape index (κ3) is 3.84. The van der Waals surface area contributed by atoms with Crippen LogP contribution in [0.4, 0.5) is 0 Å². The zero-order valence-electron chi connectivity index (χ0n) is 15.3. The third-order valence-electron chi connectivity index (χ3n) is 3.88. The molecule has 0 fully saturated rings. The molecule has 0 bridgehead atoms. The van der Waals surface area contributed by atoms with E-state index in [2.05, 4.69) is 22.0 Å². The number of fused-ring (bicyclic) bond motifs is 1. The second-order valence-electron chi connectivity index (χ2n) is 7.01. The van der Waals surface area contributed by atoms with Gasteiger partial charge in [-0.25, -0.2) is 0 Å². The minimum Gasteiger partial charge on any atom is -0.486 e. The Labute approximate surface area is 152 Å². The molecule has 0 spiro atoms. The summed E-state index contributed by atoms with van der Waals surface area (Å²) in [5.41, 5.74) is 0.586. The van der Waals surface area contributed by atoms with E-state index >= 15 is 0 Å². The van der Waals surface area contributed by atoms with Gasteiger partial charge in [0, 0.05) is 5.56 Å². The highest BCUT2D eigenvalue weighted by atomic mass is 16.6. The predicted octanol–water partition coefficient (Wildman–Crippen LogP) is 1.91. The monoisotopic (exact) mass is 357 g/mol. The highest BCUT2D eigenvalue weighted by Gasteiger charge is 2.22. The number of hydrogen-bond donors (Lipinski definition) is 0. The number of aromatic nitrogens is 4. The van der Waals surface area contributed by atoms with Gasteiger partial charge in [-0.1, -0.05) is 18.7 Å². The first-order chi connectivity index (χ1) is 12.4. The first-order valence-electron chi connectivity index (χ1n) is 8.46. The van der Waals surface area contributed by atoms with E-state index in [0.29, 0.717) is 37.1 Å². The molecule has 0 atom stereocenters. The van der Waals surface area contributed by atoms with Crippen LogP contribution >= 0.6 is 0 Å². The Morgan fingerprint density at radius 3 is 2.77 bits per heavy atom. The second-order valence-corrected chi connectivity index (χ2v) is 7.01. The number of nitrogens with zero attached hydrogens (tertiary/aromatic N) is 5. The molecular formula is C18H23N5O3. The van der Waals surface area contributed by atoms with Crippen LogP contribution in [0, 0.1) is 0 Å². The smallest absolute Gasteiger partial charge is 0.246 e. The van der Waals surface area contributed by atoms with Gasteiger partial charge in [0.15, 0.2) is 17.3 Å². The molecule has 8 heteroatoms. The zero-order chi connectivity index (χ0) is 18.7. The van der Waals surface area contributed by atoms with Crippen LogP contribution in [-0.4, -0.2) is 44.2 Å². The number of ether oxygens (including phenoxy) is 2. The molecule has 1 amide bonds. The minimum absolute atomic E-state index is 0.216. The van der Waals surface area contributed by atoms with Gasteiger partial charge in [0.05, 0.1) is 18.6 Å². The van der Waals surface area contributed by atoms with E-state index in [1.165, 1.54) is 6.08 Å². The summed E-state index contributed by atoms with van der Waals surface area (Å²) in [6, 6.07) is 5.65. The Bertz CT molecular complexity index is 809. The van der Waals surface area contributed by atoms with Gasteiger partial charge in [0.25, 0.3) is 0 Å². The Balaban J connectivity index is 1.82. The van der Waals surface area contributed by atoms with Gasteiger partial charge in [0.2, 0.25) is 5.91 Å². The van der Waals surface area contributed by atoms with Crippen molar-refractivity contribution in [3.8, 4) is 11.5 Å². The standard InChI is InChI=1S/C18H23N5O3/c1-5-16(24)22(12-15-19-21-23(20-15)18(2,3)4)11-13-7-6-8-14-17(13)26-10-9-25-14/h5-8H,1,9-12H2,2-4H3. The van der Waals surface area contributed by atoms with E-state index in [0.717, 1.165) is 5.56 Å². The maximum absolute atomic E-state index is 12.3. The highest BCUT2D eigenvalue weighted by Crippen LogP contribution is 2.34. The molecule has 1 aromatic carbocycles. The molecule has 138 valence electrons. The molecule has 26 heavy (non-hydrogen) atoms. The first-order valence-corrected chi connectivity index (χ1v) is 8.46. The molecular weight excluding hydrogens is 334 g/mol. The van der Waals surface area contributed by atoms with E-state index in [4.69, 9.17) is 9.47 Å². The summed E-state index contributed by atoms with van der Waals surface area (Å²) in [6.45, 7) is 11.1. The van der Waals surface area contributed by atoms with Gasteiger partial charge in [-0.15, -0.1) is 10.2 Å². The first kappa shape index (κ1) is 17.9. The molecule has 0 saturated carbocycles. The van der Waals surface area contributed by atoms with E-state index < -0.39 is 0 Å². The molecule has 0 saturated heterocycles. The van der Waals surface area contributed by atoms with Gasteiger partial charge in [0.1, 0.15) is 13.2 Å². The molecule has 1 aliphatic heterocycles. The summed E-state index contributed by atoms with van der Waals surface area (Å²) in [7, 11) is 0. The van der Waals surface area contributed by atoms with Crippen LogP contribution in [0.15, 0.2) is 30.9 Å². The van der Waals surface area contributed by atoms with Crippen LogP contribution in [0.3, 0.4) is 0 Å². The number of rotatable bonds is 5. The number of hydrogen-bond acceptors (Lipinski definition) is 6. The molecule has 0 radical (unpaired) electrons. The van der Waals surface area contributed by atoms with Crippen molar-refractivity contribution in [2.45, 2.75) is 39.4 Å². The van der Waals surface area contributed by atoms with Crippen LogP contribution < -0.4 is 9.47 Å². The maximum Gasteiger partial charge on any atom is 0.246 e. The molecule has 2 aromatic rings. The summed E-state index contributed by atoms with van der Waals surface area (Å²) in [6.07, 6.45) is 1.28. The molecule has 2 heterocycles. The quantitative estimate of drug-likeness (QED) is 0.760. The topological polar surface area (TPSA) is 82.4 Å². The van der Waals surface area contributed by atoms with Gasteiger partial charge in [-0.2, -0.15) is 4.80 Å². The average Bonchev–Trinajstić information content (AvgIpc) is 3.10. The lowest BCUT2D eigenvalue weighted by molar-refractivity contribution is -0.127. The van der Waals surface area contributed by atoms with Crippen LogP contribution in [0.2, 0.25) is 0 Å². The molecule has 8 nitrogen and oxygen atoms in total. The van der Waals surface area contributed by atoms with Gasteiger partial charge in [-0.3, -0.25) is 4.79 Å². The molecule has 1 aliphatic rings. The number of carbonyl (C=O) groups excluding carboxylic acids is 1. The van der Waals surface area contributed by atoms with Gasteiger partial charge < -0.3 is 14.4 Å². The second kappa shape index (κ2) is 7.15. The van der Waals surface area contributed by atoms with E-state index in [9.17, 15) is 4.79 Å². The summed E-state index contributed by atoms with van der Waals surface area (Å²) >= 11 is 0. The normalized spacial score (nSPS) is 13.3. The lowest BCUT2D eigenvalue weighted by Crippen LogP contribution is -2.30. The van der Waals surface area contributed by atoms with Gasteiger partial charge in [-0.05, 0) is 38.1 Å². The fraction of sp³-hybridized carbons (Fsp3) is 0.444. The van der Waals surface area contributed by atoms with Crippen molar-refractivity contribution < 1.29 is 14.3 Å². The largest absolute Gasteiger partial charge is 0.486 e. The minimum atomic E-state index is -0.276. The van der Waals surface area contributed by atoms with E-state index in [1.54, 1.807) is 9.70 Å².